The van der Waals surface area contributed by atoms with E-state index >= 15 is 0 Å². The summed E-state index contributed by atoms with van der Waals surface area (Å²) in [5.41, 5.74) is 0. The van der Waals surface area contributed by atoms with Crippen molar-refractivity contribution in [3.63, 3.8) is 0 Å². The van der Waals surface area contributed by atoms with Crippen molar-refractivity contribution in [1.29, 1.82) is 0 Å². The molecule has 0 N–H and O–H groups in total. The zero-order chi connectivity index (χ0) is 11.7. The maximum atomic E-state index is 12.1. The van der Waals surface area contributed by atoms with Crippen LogP contribution in [-0.4, -0.2) is 28.7 Å². The first-order valence-electron chi connectivity index (χ1n) is 5.68. The maximum absolute atomic E-state index is 12.1. The number of ketones is 1. The van der Waals surface area contributed by atoms with Crippen LogP contribution in [0.2, 0.25) is 0 Å². The van der Waals surface area contributed by atoms with Crippen molar-refractivity contribution < 1.29 is 9.59 Å². The third-order valence-electron chi connectivity index (χ3n) is 3.00. The number of carbonyl (C=O) groups is 2. The normalized spacial score (nSPS) is 24.5. The second-order valence-corrected chi connectivity index (χ2v) is 4.99. The van der Waals surface area contributed by atoms with Gasteiger partial charge >= 0.3 is 0 Å². The number of hydrogen-bond donors (Lipinski definition) is 0. The lowest BCUT2D eigenvalue weighted by Gasteiger charge is -2.31. The topological polar surface area (TPSA) is 37.4 Å². The van der Waals surface area contributed by atoms with Gasteiger partial charge in [-0.05, 0) is 41.0 Å². The van der Waals surface area contributed by atoms with E-state index in [1.165, 1.54) is 0 Å². The number of nitrogens with zero attached hydrogens (tertiary/aromatic N) is 1. The van der Waals surface area contributed by atoms with Crippen LogP contribution in [0.5, 0.6) is 0 Å². The van der Waals surface area contributed by atoms with Gasteiger partial charge in [-0.15, -0.1) is 0 Å². The molecule has 0 aromatic rings. The van der Waals surface area contributed by atoms with Gasteiger partial charge in [0.1, 0.15) is 5.78 Å². The summed E-state index contributed by atoms with van der Waals surface area (Å²) in [6, 6.07) is 0.427. The summed E-state index contributed by atoms with van der Waals surface area (Å²) < 4.78 is 0. The quantitative estimate of drug-likeness (QED) is 0.711. The van der Waals surface area contributed by atoms with Crippen molar-refractivity contribution in [1.82, 2.24) is 4.90 Å². The molecule has 3 nitrogen and oxygen atoms in total. The molecule has 0 bridgehead atoms. The summed E-state index contributed by atoms with van der Waals surface area (Å²) >= 11 is 0. The summed E-state index contributed by atoms with van der Waals surface area (Å²) in [6.45, 7) is 9.64. The highest BCUT2D eigenvalue weighted by molar-refractivity contribution is 5.92. The average molecular weight is 211 g/mol. The zero-order valence-corrected chi connectivity index (χ0v) is 10.3. The van der Waals surface area contributed by atoms with Crippen molar-refractivity contribution >= 4 is 11.7 Å². The van der Waals surface area contributed by atoms with Crippen LogP contribution in [0.4, 0.5) is 0 Å². The molecule has 0 aromatic carbocycles. The highest BCUT2D eigenvalue weighted by Gasteiger charge is 2.48. The van der Waals surface area contributed by atoms with E-state index in [1.807, 2.05) is 32.6 Å². The minimum atomic E-state index is -0.0349. The van der Waals surface area contributed by atoms with Crippen LogP contribution in [0.15, 0.2) is 0 Å². The lowest BCUT2D eigenvalue weighted by Crippen LogP contribution is -2.43. The number of hydrogen-bond acceptors (Lipinski definition) is 2. The van der Waals surface area contributed by atoms with Gasteiger partial charge in [0.05, 0.1) is 0 Å². The van der Waals surface area contributed by atoms with Crippen LogP contribution in [0.1, 0.15) is 41.0 Å². The Morgan fingerprint density at radius 1 is 1.07 bits per heavy atom. The first-order chi connectivity index (χ1) is 6.86. The smallest absolute Gasteiger partial charge is 0.226 e. The van der Waals surface area contributed by atoms with E-state index < -0.39 is 0 Å². The average Bonchev–Trinajstić information content (AvgIpc) is 2.79. The van der Waals surface area contributed by atoms with Gasteiger partial charge in [0.2, 0.25) is 5.91 Å². The molecule has 3 heteroatoms. The maximum Gasteiger partial charge on any atom is 0.226 e. The molecule has 0 radical (unpaired) electrons. The monoisotopic (exact) mass is 211 g/mol. The summed E-state index contributed by atoms with van der Waals surface area (Å²) in [5.74, 6) is 0.269. The van der Waals surface area contributed by atoms with Gasteiger partial charge in [-0.1, -0.05) is 0 Å². The van der Waals surface area contributed by atoms with Gasteiger partial charge in [-0.3, -0.25) is 9.59 Å². The summed E-state index contributed by atoms with van der Waals surface area (Å²) in [7, 11) is 0. The minimum absolute atomic E-state index is 0.00231. The molecule has 1 rings (SSSR count). The predicted octanol–water partition coefficient (Wildman–Crippen LogP) is 1.86. The van der Waals surface area contributed by atoms with Crippen molar-refractivity contribution in [2.45, 2.75) is 53.1 Å². The molecule has 2 atom stereocenters. The molecule has 1 fully saturated rings. The molecule has 0 aliphatic heterocycles. The van der Waals surface area contributed by atoms with Crippen LogP contribution < -0.4 is 0 Å². The largest absolute Gasteiger partial charge is 0.338 e. The molecule has 0 unspecified atom stereocenters. The van der Waals surface area contributed by atoms with E-state index in [2.05, 4.69) is 0 Å². The van der Waals surface area contributed by atoms with Crippen LogP contribution in [0.3, 0.4) is 0 Å². The summed E-state index contributed by atoms with van der Waals surface area (Å²) in [4.78, 5) is 25.1. The highest BCUT2D eigenvalue weighted by Crippen LogP contribution is 2.41. The fourth-order valence-electron chi connectivity index (χ4n) is 2.21. The molecule has 1 saturated carbocycles. The molecule has 0 saturated heterocycles. The highest BCUT2D eigenvalue weighted by atomic mass is 16.2. The van der Waals surface area contributed by atoms with Gasteiger partial charge < -0.3 is 4.90 Å². The Balaban J connectivity index is 2.64. The third-order valence-corrected chi connectivity index (χ3v) is 3.00. The van der Waals surface area contributed by atoms with Gasteiger partial charge in [-0.25, -0.2) is 0 Å². The molecule has 0 heterocycles. The second kappa shape index (κ2) is 4.33. The van der Waals surface area contributed by atoms with E-state index in [0.29, 0.717) is 0 Å². The van der Waals surface area contributed by atoms with Crippen molar-refractivity contribution in [3.05, 3.63) is 0 Å². The Bertz CT molecular complexity index is 263. The molecular formula is C12H21NO2. The Labute approximate surface area is 91.8 Å². The minimum Gasteiger partial charge on any atom is -0.338 e. The van der Waals surface area contributed by atoms with Gasteiger partial charge in [-0.2, -0.15) is 0 Å². The molecule has 1 amide bonds. The van der Waals surface area contributed by atoms with Crippen LogP contribution >= 0.6 is 0 Å². The Morgan fingerprint density at radius 2 is 1.53 bits per heavy atom. The SMILES string of the molecule is CC(=O)[C@@H]1C[C@H]1C(=O)N(C(C)C)C(C)C. The van der Waals surface area contributed by atoms with E-state index in [0.717, 1.165) is 6.42 Å². The zero-order valence-electron chi connectivity index (χ0n) is 10.3. The van der Waals surface area contributed by atoms with Gasteiger partial charge in [0.25, 0.3) is 0 Å². The van der Waals surface area contributed by atoms with Gasteiger partial charge in [0, 0.05) is 23.9 Å². The lowest BCUT2D eigenvalue weighted by molar-refractivity contribution is -0.137. The Kier molecular flexibility index (Phi) is 3.53. The van der Waals surface area contributed by atoms with Crippen molar-refractivity contribution in [3.8, 4) is 0 Å². The molecular weight excluding hydrogens is 190 g/mol. The number of amides is 1. The summed E-state index contributed by atoms with van der Waals surface area (Å²) in [5, 5.41) is 0. The molecule has 86 valence electrons. The third kappa shape index (κ3) is 2.58. The van der Waals surface area contributed by atoms with E-state index in [4.69, 9.17) is 0 Å². The number of Topliss-reactive ketones (excluding diaryl/α,β-unsaturated/α-hetero) is 1. The number of rotatable bonds is 4. The first-order valence-corrected chi connectivity index (χ1v) is 5.68. The lowest BCUT2D eigenvalue weighted by atomic mass is 10.1. The fourth-order valence-corrected chi connectivity index (χ4v) is 2.21. The van der Waals surface area contributed by atoms with E-state index in [1.54, 1.807) is 6.92 Å². The summed E-state index contributed by atoms with van der Waals surface area (Å²) in [6.07, 6.45) is 0.754. The van der Waals surface area contributed by atoms with Crippen molar-refractivity contribution in [2.24, 2.45) is 11.8 Å². The first kappa shape index (κ1) is 12.2. The fraction of sp³-hybridized carbons (Fsp3) is 0.833. The Morgan fingerprint density at radius 3 is 1.80 bits per heavy atom. The second-order valence-electron chi connectivity index (χ2n) is 4.99. The van der Waals surface area contributed by atoms with Gasteiger partial charge in [0.15, 0.2) is 0 Å². The standard InChI is InChI=1S/C12H21NO2/c1-7(2)13(8(3)4)12(15)11-6-10(11)9(5)14/h7-8,10-11H,6H2,1-5H3/t10-,11+/m0/s1. The molecule has 1 aliphatic carbocycles. The van der Waals surface area contributed by atoms with Crippen LogP contribution in [0.25, 0.3) is 0 Å². The molecule has 0 spiro atoms. The van der Waals surface area contributed by atoms with Crippen LogP contribution in [0, 0.1) is 11.8 Å². The van der Waals surface area contributed by atoms with E-state index in [-0.39, 0.29) is 35.6 Å². The number of carbonyl (C=O) groups excluding carboxylic acids is 2. The Hall–Kier alpha value is -0.860. The molecule has 1 aliphatic rings. The predicted molar refractivity (Wildman–Crippen MR) is 59.4 cm³/mol. The molecule has 15 heavy (non-hydrogen) atoms. The van der Waals surface area contributed by atoms with E-state index in [9.17, 15) is 9.59 Å². The van der Waals surface area contributed by atoms with Crippen LogP contribution in [-0.2, 0) is 9.59 Å². The van der Waals surface area contributed by atoms with Crippen molar-refractivity contribution in [2.75, 3.05) is 0 Å². The molecule has 0 aromatic heterocycles.